The minimum atomic E-state index is -0.909. The third-order valence-corrected chi connectivity index (χ3v) is 11.1. The van der Waals surface area contributed by atoms with E-state index in [1.165, 1.54) is 18.4 Å². The molecule has 3 N–H and O–H groups in total. The van der Waals surface area contributed by atoms with Gasteiger partial charge in [0.05, 0.1) is 30.9 Å². The molecule has 0 unspecified atom stereocenters. The van der Waals surface area contributed by atoms with Gasteiger partial charge in [0.1, 0.15) is 29.6 Å². The van der Waals surface area contributed by atoms with E-state index in [1.807, 2.05) is 81.9 Å². The minimum Gasteiger partial charge on any atom is -0.457 e. The Morgan fingerprint density at radius 3 is 2.29 bits per heavy atom. The molecule has 1 saturated carbocycles. The molecule has 1 fully saturated rings. The van der Waals surface area contributed by atoms with Gasteiger partial charge in [-0.3, -0.25) is 14.4 Å². The van der Waals surface area contributed by atoms with Crippen molar-refractivity contribution in [2.45, 2.75) is 95.7 Å². The van der Waals surface area contributed by atoms with Gasteiger partial charge < -0.3 is 39.8 Å². The summed E-state index contributed by atoms with van der Waals surface area (Å²) < 4.78 is 13.9. The number of benzene rings is 3. The van der Waals surface area contributed by atoms with Crippen LogP contribution in [-0.2, 0) is 45.7 Å². The first kappa shape index (κ1) is 44.6. The Kier molecular flexibility index (Phi) is 16.6. The molecular weight excluding hydrogens is 777 g/mol. The SMILES string of the molecule is CO[C@@H](CC(=O)N(C)[C@@H](CCc1ccc(Cl)cc1)C(=O)NC1CCCCC1)NC(=O)[C@H](C)NCc1ccc(Cl)cc1Oc1ccc(-c2cnc(CN(C)C)n2C)cc1. The fraction of sp³-hybridized carbons (Fsp3) is 0.455. The number of hydrogen-bond acceptors (Lipinski definition) is 8. The van der Waals surface area contributed by atoms with Crippen molar-refractivity contribution in [3.63, 3.8) is 0 Å². The van der Waals surface area contributed by atoms with E-state index >= 15 is 0 Å². The Bertz CT molecular complexity index is 1970. The van der Waals surface area contributed by atoms with Crippen molar-refractivity contribution in [2.75, 3.05) is 28.3 Å². The lowest BCUT2D eigenvalue weighted by atomic mass is 9.95. The van der Waals surface area contributed by atoms with Crippen LogP contribution in [-0.4, -0.2) is 89.7 Å². The zero-order chi connectivity index (χ0) is 41.8. The third kappa shape index (κ3) is 12.8. The van der Waals surface area contributed by atoms with Crippen molar-refractivity contribution in [2.24, 2.45) is 7.05 Å². The molecule has 1 aliphatic rings. The standard InChI is InChI=1S/C44H57Cl2N7O5/c1-29(47-26-32-15-20-34(46)24-39(32)58-36-21-16-31(17-22-36)38-27-48-40(52(38)4)28-51(2)3)43(55)50-41(57-6)25-42(54)53(5)37(23-14-30-12-18-33(45)19-13-30)44(56)49-35-10-8-7-9-11-35/h12-13,15-22,24,27,29,35,37,41,47H,7-11,14,23,25-26,28H2,1-6H3,(H,49,56)(H,50,55)/t29-,37-,41-/m0/s1. The summed E-state index contributed by atoms with van der Waals surface area (Å²) in [5, 5.41) is 10.4. The second-order valence-electron chi connectivity index (χ2n) is 15.3. The van der Waals surface area contributed by atoms with Crippen LogP contribution in [0.2, 0.25) is 10.0 Å². The number of amides is 3. The van der Waals surface area contributed by atoms with E-state index in [0.717, 1.165) is 60.4 Å². The summed E-state index contributed by atoms with van der Waals surface area (Å²) in [6.07, 6.45) is 7.02. The summed E-state index contributed by atoms with van der Waals surface area (Å²) >= 11 is 12.5. The molecule has 4 aromatic rings. The second-order valence-corrected chi connectivity index (χ2v) is 16.2. The highest BCUT2D eigenvalue weighted by Gasteiger charge is 2.31. The maximum Gasteiger partial charge on any atom is 0.243 e. The molecule has 5 rings (SSSR count). The van der Waals surface area contributed by atoms with Crippen LogP contribution in [0.25, 0.3) is 11.3 Å². The van der Waals surface area contributed by atoms with Crippen molar-refractivity contribution in [1.82, 2.24) is 35.3 Å². The number of aryl methyl sites for hydroxylation is 1. The van der Waals surface area contributed by atoms with Crippen LogP contribution >= 0.6 is 23.2 Å². The lowest BCUT2D eigenvalue weighted by Gasteiger charge is -2.31. The van der Waals surface area contributed by atoms with E-state index in [4.69, 9.17) is 32.7 Å². The van der Waals surface area contributed by atoms with E-state index in [-0.39, 0.29) is 30.2 Å². The van der Waals surface area contributed by atoms with Gasteiger partial charge in [0.2, 0.25) is 17.7 Å². The van der Waals surface area contributed by atoms with E-state index < -0.39 is 18.3 Å². The normalized spacial score (nSPS) is 14.8. The number of aromatic nitrogens is 2. The van der Waals surface area contributed by atoms with E-state index in [2.05, 4.69) is 30.4 Å². The van der Waals surface area contributed by atoms with Gasteiger partial charge in [0.25, 0.3) is 0 Å². The molecular formula is C44H57Cl2N7O5. The Balaban J connectivity index is 1.16. The number of rotatable bonds is 19. The van der Waals surface area contributed by atoms with Crippen LogP contribution in [0.3, 0.4) is 0 Å². The molecule has 14 heteroatoms. The molecule has 312 valence electrons. The molecule has 0 bridgehead atoms. The van der Waals surface area contributed by atoms with E-state index in [9.17, 15) is 14.4 Å². The summed E-state index contributed by atoms with van der Waals surface area (Å²) in [6.45, 7) is 2.77. The number of imidazole rings is 1. The monoisotopic (exact) mass is 833 g/mol. The first-order chi connectivity index (χ1) is 27.8. The zero-order valence-electron chi connectivity index (χ0n) is 34.4. The number of ether oxygens (including phenoxy) is 2. The number of halogens is 2. The highest BCUT2D eigenvalue weighted by Crippen LogP contribution is 2.31. The maximum absolute atomic E-state index is 13.7. The van der Waals surface area contributed by atoms with Crippen molar-refractivity contribution in [1.29, 1.82) is 0 Å². The van der Waals surface area contributed by atoms with Crippen LogP contribution in [0, 0.1) is 0 Å². The summed E-state index contributed by atoms with van der Waals surface area (Å²) in [4.78, 5) is 48.8. The fourth-order valence-corrected chi connectivity index (χ4v) is 7.33. The Labute approximate surface area is 352 Å². The molecule has 0 spiro atoms. The maximum atomic E-state index is 13.7. The van der Waals surface area contributed by atoms with Crippen molar-refractivity contribution in [3.05, 3.63) is 99.9 Å². The average molecular weight is 835 g/mol. The lowest BCUT2D eigenvalue weighted by molar-refractivity contribution is -0.142. The van der Waals surface area contributed by atoms with Crippen LogP contribution in [0.1, 0.15) is 68.8 Å². The van der Waals surface area contributed by atoms with Gasteiger partial charge in [-0.25, -0.2) is 4.98 Å². The highest BCUT2D eigenvalue weighted by molar-refractivity contribution is 6.31. The largest absolute Gasteiger partial charge is 0.457 e. The van der Waals surface area contributed by atoms with Gasteiger partial charge >= 0.3 is 0 Å². The number of nitrogens with zero attached hydrogens (tertiary/aromatic N) is 4. The molecule has 1 aromatic heterocycles. The van der Waals surface area contributed by atoms with Crippen LogP contribution < -0.4 is 20.7 Å². The Morgan fingerprint density at radius 1 is 0.931 bits per heavy atom. The first-order valence-electron chi connectivity index (χ1n) is 19.9. The molecule has 12 nitrogen and oxygen atoms in total. The summed E-state index contributed by atoms with van der Waals surface area (Å²) in [5.41, 5.74) is 3.83. The minimum absolute atomic E-state index is 0.102. The number of nitrogens with one attached hydrogen (secondary N) is 3. The molecule has 1 aliphatic carbocycles. The number of hydrogen-bond donors (Lipinski definition) is 3. The Morgan fingerprint density at radius 2 is 1.62 bits per heavy atom. The predicted molar refractivity (Wildman–Crippen MR) is 229 cm³/mol. The van der Waals surface area contributed by atoms with Crippen molar-refractivity contribution < 1.29 is 23.9 Å². The molecule has 0 saturated heterocycles. The van der Waals surface area contributed by atoms with Gasteiger partial charge in [-0.05, 0) is 101 Å². The van der Waals surface area contributed by atoms with Crippen molar-refractivity contribution in [3.8, 4) is 22.8 Å². The second kappa shape index (κ2) is 21.5. The van der Waals surface area contributed by atoms with Crippen molar-refractivity contribution >= 4 is 40.9 Å². The predicted octanol–water partition coefficient (Wildman–Crippen LogP) is 7.11. The fourth-order valence-electron chi connectivity index (χ4n) is 7.04. The van der Waals surface area contributed by atoms with Gasteiger partial charge in [-0.2, -0.15) is 0 Å². The molecule has 58 heavy (non-hydrogen) atoms. The topological polar surface area (TPSA) is 130 Å². The molecule has 3 amide bonds. The number of carbonyl (C=O) groups excluding carboxylic acids is 3. The third-order valence-electron chi connectivity index (χ3n) is 10.6. The van der Waals surface area contributed by atoms with Gasteiger partial charge in [-0.1, -0.05) is 60.7 Å². The number of carbonyl (C=O) groups is 3. The summed E-state index contributed by atoms with van der Waals surface area (Å²) in [6, 6.07) is 19.4. The highest BCUT2D eigenvalue weighted by atomic mass is 35.5. The zero-order valence-corrected chi connectivity index (χ0v) is 35.9. The quantitative estimate of drug-likeness (QED) is 0.0853. The molecule has 0 radical (unpaired) electrons. The smallest absolute Gasteiger partial charge is 0.243 e. The molecule has 3 aromatic carbocycles. The average Bonchev–Trinajstić information content (AvgIpc) is 3.56. The molecule has 3 atom stereocenters. The molecule has 0 aliphatic heterocycles. The van der Waals surface area contributed by atoms with Gasteiger partial charge in [0.15, 0.2) is 0 Å². The lowest BCUT2D eigenvalue weighted by Crippen LogP contribution is -2.52. The van der Waals surface area contributed by atoms with Crippen LogP contribution in [0.15, 0.2) is 72.9 Å². The van der Waals surface area contributed by atoms with Crippen LogP contribution in [0.5, 0.6) is 11.5 Å². The summed E-state index contributed by atoms with van der Waals surface area (Å²) in [5.74, 6) is 1.30. The van der Waals surface area contributed by atoms with Gasteiger partial charge in [0, 0.05) is 55.0 Å². The van der Waals surface area contributed by atoms with E-state index in [1.54, 1.807) is 26.1 Å². The molecule has 1 heterocycles. The van der Waals surface area contributed by atoms with Gasteiger partial charge in [-0.15, -0.1) is 0 Å². The number of likely N-dealkylation sites (N-methyl/N-ethyl adjacent to an activating group) is 1. The first-order valence-corrected chi connectivity index (χ1v) is 20.7. The Hall–Kier alpha value is -4.46. The van der Waals surface area contributed by atoms with Crippen LogP contribution in [0.4, 0.5) is 0 Å². The van der Waals surface area contributed by atoms with E-state index in [0.29, 0.717) is 40.9 Å². The number of methoxy groups -OCH3 is 1. The summed E-state index contributed by atoms with van der Waals surface area (Å²) in [7, 11) is 9.11.